The number of amides is 2. The summed E-state index contributed by atoms with van der Waals surface area (Å²) in [5, 5.41) is 0. The Bertz CT molecular complexity index is 1400. The molecule has 2 amide bonds. The van der Waals surface area contributed by atoms with E-state index in [1.807, 2.05) is 0 Å². The standard InChI is InChI=1S/C27H28N4O5S/c1-30(20-11-6-3-7-12-20)37(34,35)31(26(33)19-9-4-2-5-10-19)21-15-27(16-21)17-22(18-27)36-25-23(24(28)32)13-8-14-29-25/h2-14,21-22H,15-18H2,1H3,(H2,28,32). The minimum absolute atomic E-state index is 0.118. The number of benzene rings is 2. The van der Waals surface area contributed by atoms with Gasteiger partial charge in [0.1, 0.15) is 11.7 Å². The largest absolute Gasteiger partial charge is 0.474 e. The molecular formula is C27H28N4O5S. The molecule has 1 aromatic heterocycles. The lowest BCUT2D eigenvalue weighted by atomic mass is 9.53. The van der Waals surface area contributed by atoms with Gasteiger partial charge in [0.25, 0.3) is 11.8 Å². The van der Waals surface area contributed by atoms with Crippen molar-refractivity contribution < 1.29 is 22.7 Å². The molecule has 37 heavy (non-hydrogen) atoms. The average molecular weight is 521 g/mol. The van der Waals surface area contributed by atoms with Crippen LogP contribution in [-0.4, -0.2) is 48.7 Å². The van der Waals surface area contributed by atoms with Crippen LogP contribution in [0.25, 0.3) is 0 Å². The van der Waals surface area contributed by atoms with Gasteiger partial charge in [-0.25, -0.2) is 9.29 Å². The van der Waals surface area contributed by atoms with Gasteiger partial charge in [0.2, 0.25) is 5.88 Å². The van der Waals surface area contributed by atoms with Crippen molar-refractivity contribution in [1.82, 2.24) is 9.29 Å². The van der Waals surface area contributed by atoms with E-state index in [1.165, 1.54) is 13.2 Å². The van der Waals surface area contributed by atoms with Gasteiger partial charge in [-0.1, -0.05) is 36.4 Å². The summed E-state index contributed by atoms with van der Waals surface area (Å²) in [5.74, 6) is -0.947. The van der Waals surface area contributed by atoms with Crippen LogP contribution < -0.4 is 14.8 Å². The first kappa shape index (κ1) is 24.8. The van der Waals surface area contributed by atoms with Gasteiger partial charge in [-0.15, -0.1) is 0 Å². The SMILES string of the molecule is CN(c1ccccc1)S(=O)(=O)N(C(=O)c1ccccc1)C1CC2(CC(Oc3ncccc3C(N)=O)C2)C1. The van der Waals surface area contributed by atoms with Gasteiger partial charge in [-0.2, -0.15) is 8.42 Å². The molecule has 0 radical (unpaired) electrons. The minimum Gasteiger partial charge on any atom is -0.474 e. The lowest BCUT2D eigenvalue weighted by Gasteiger charge is -2.58. The van der Waals surface area contributed by atoms with Crippen LogP contribution >= 0.6 is 0 Å². The fourth-order valence-corrected chi connectivity index (χ4v) is 6.82. The summed E-state index contributed by atoms with van der Waals surface area (Å²) >= 11 is 0. The lowest BCUT2D eigenvalue weighted by molar-refractivity contribution is -0.0965. The number of nitrogens with zero attached hydrogens (tertiary/aromatic N) is 3. The van der Waals surface area contributed by atoms with Crippen molar-refractivity contribution in [2.75, 3.05) is 11.4 Å². The topological polar surface area (TPSA) is 123 Å². The molecule has 1 heterocycles. The van der Waals surface area contributed by atoms with Crippen LogP contribution in [0.1, 0.15) is 46.4 Å². The van der Waals surface area contributed by atoms with Crippen LogP contribution in [0.3, 0.4) is 0 Å². The van der Waals surface area contributed by atoms with Crippen molar-refractivity contribution in [3.05, 3.63) is 90.1 Å². The maximum absolute atomic E-state index is 13.8. The maximum Gasteiger partial charge on any atom is 0.328 e. The van der Waals surface area contributed by atoms with E-state index in [0.29, 0.717) is 36.9 Å². The number of hydrogen-bond donors (Lipinski definition) is 1. The lowest BCUT2D eigenvalue weighted by Crippen LogP contribution is -2.62. The molecule has 2 aliphatic carbocycles. The number of carbonyl (C=O) groups is 2. The third-order valence-electron chi connectivity index (χ3n) is 7.24. The highest BCUT2D eigenvalue weighted by molar-refractivity contribution is 7.91. The Labute approximate surface area is 216 Å². The molecule has 2 fully saturated rings. The quantitative estimate of drug-likeness (QED) is 0.486. The second kappa shape index (κ2) is 9.51. The zero-order valence-corrected chi connectivity index (χ0v) is 21.2. The van der Waals surface area contributed by atoms with Crippen LogP contribution in [0.15, 0.2) is 79.0 Å². The maximum atomic E-state index is 13.8. The van der Waals surface area contributed by atoms with E-state index < -0.39 is 28.1 Å². The molecule has 0 aliphatic heterocycles. The number of carbonyl (C=O) groups excluding carboxylic acids is 2. The third-order valence-corrected chi connectivity index (χ3v) is 9.10. The first-order valence-electron chi connectivity index (χ1n) is 12.0. The zero-order chi connectivity index (χ0) is 26.2. The summed E-state index contributed by atoms with van der Waals surface area (Å²) in [4.78, 5) is 29.3. The second-order valence-electron chi connectivity index (χ2n) is 9.71. The molecule has 2 N–H and O–H groups in total. The molecular weight excluding hydrogens is 492 g/mol. The number of pyridine rings is 1. The number of aromatic nitrogens is 1. The summed E-state index contributed by atoms with van der Waals surface area (Å²) in [5.41, 5.74) is 6.32. The predicted octanol–water partition coefficient (Wildman–Crippen LogP) is 3.39. The van der Waals surface area contributed by atoms with E-state index in [2.05, 4.69) is 4.98 Å². The highest BCUT2D eigenvalue weighted by Gasteiger charge is 2.58. The van der Waals surface area contributed by atoms with E-state index in [1.54, 1.807) is 72.8 Å². The van der Waals surface area contributed by atoms with Gasteiger partial charge in [-0.05, 0) is 67.5 Å². The molecule has 0 bridgehead atoms. The number of ether oxygens (including phenoxy) is 1. The molecule has 3 aromatic rings. The molecule has 5 rings (SSSR count). The van der Waals surface area contributed by atoms with Crippen molar-refractivity contribution in [3.8, 4) is 5.88 Å². The van der Waals surface area contributed by atoms with Crippen molar-refractivity contribution >= 4 is 27.7 Å². The van der Waals surface area contributed by atoms with Crippen molar-refractivity contribution in [2.45, 2.75) is 37.8 Å². The fourth-order valence-electron chi connectivity index (χ4n) is 5.33. The fraction of sp³-hybridized carbons (Fsp3) is 0.296. The van der Waals surface area contributed by atoms with Gasteiger partial charge in [0.05, 0.1) is 11.7 Å². The normalized spacial score (nSPS) is 22.4. The molecule has 0 unspecified atom stereocenters. The number of anilines is 1. The monoisotopic (exact) mass is 520 g/mol. The molecule has 192 valence electrons. The number of rotatable bonds is 8. The van der Waals surface area contributed by atoms with Crippen LogP contribution in [0.5, 0.6) is 5.88 Å². The van der Waals surface area contributed by atoms with Gasteiger partial charge in [-0.3, -0.25) is 13.9 Å². The average Bonchev–Trinajstić information content (AvgIpc) is 2.86. The summed E-state index contributed by atoms with van der Waals surface area (Å²) in [7, 11) is -2.69. The summed E-state index contributed by atoms with van der Waals surface area (Å²) in [6, 6.07) is 19.9. The molecule has 2 saturated carbocycles. The zero-order valence-electron chi connectivity index (χ0n) is 20.4. The molecule has 10 heteroatoms. The molecule has 9 nitrogen and oxygen atoms in total. The van der Waals surface area contributed by atoms with E-state index in [4.69, 9.17) is 10.5 Å². The van der Waals surface area contributed by atoms with Crippen LogP contribution in [0.2, 0.25) is 0 Å². The second-order valence-corrected chi connectivity index (χ2v) is 11.5. The highest BCUT2D eigenvalue weighted by atomic mass is 32.2. The van der Waals surface area contributed by atoms with Gasteiger partial charge < -0.3 is 10.5 Å². The Balaban J connectivity index is 1.33. The van der Waals surface area contributed by atoms with E-state index in [9.17, 15) is 18.0 Å². The van der Waals surface area contributed by atoms with Crippen molar-refractivity contribution in [2.24, 2.45) is 11.1 Å². The Morgan fingerprint density at radius 2 is 1.57 bits per heavy atom. The number of hydrogen-bond acceptors (Lipinski definition) is 6. The molecule has 1 spiro atoms. The summed E-state index contributed by atoms with van der Waals surface area (Å²) in [6.45, 7) is 0. The third kappa shape index (κ3) is 4.64. The van der Waals surface area contributed by atoms with Crippen LogP contribution in [-0.2, 0) is 10.2 Å². The van der Waals surface area contributed by atoms with E-state index in [-0.39, 0.29) is 23.0 Å². The molecule has 2 aliphatic rings. The van der Waals surface area contributed by atoms with Crippen molar-refractivity contribution in [1.29, 1.82) is 0 Å². The first-order valence-corrected chi connectivity index (χ1v) is 13.4. The number of primary amides is 1. The Morgan fingerprint density at radius 1 is 0.946 bits per heavy atom. The molecule has 2 aromatic carbocycles. The highest BCUT2D eigenvalue weighted by Crippen LogP contribution is 2.58. The van der Waals surface area contributed by atoms with Gasteiger partial charge in [0.15, 0.2) is 0 Å². The molecule has 0 saturated heterocycles. The number of nitrogens with two attached hydrogens (primary N) is 1. The minimum atomic E-state index is -4.15. The predicted molar refractivity (Wildman–Crippen MR) is 138 cm³/mol. The Kier molecular flexibility index (Phi) is 6.36. The van der Waals surface area contributed by atoms with Crippen molar-refractivity contribution in [3.63, 3.8) is 0 Å². The summed E-state index contributed by atoms with van der Waals surface area (Å²) in [6.07, 6.45) is 3.82. The first-order chi connectivity index (χ1) is 17.7. The smallest absolute Gasteiger partial charge is 0.328 e. The van der Waals surface area contributed by atoms with Crippen LogP contribution in [0.4, 0.5) is 5.69 Å². The van der Waals surface area contributed by atoms with Crippen LogP contribution in [0, 0.1) is 5.41 Å². The van der Waals surface area contributed by atoms with Gasteiger partial charge in [0, 0.05) is 18.8 Å². The van der Waals surface area contributed by atoms with E-state index >= 15 is 0 Å². The number of para-hydroxylation sites is 1. The van der Waals surface area contributed by atoms with Gasteiger partial charge >= 0.3 is 10.2 Å². The van der Waals surface area contributed by atoms with E-state index in [0.717, 1.165) is 8.61 Å². The Morgan fingerprint density at radius 3 is 2.19 bits per heavy atom. The summed E-state index contributed by atoms with van der Waals surface area (Å²) < 4.78 is 35.6. The molecule has 0 atom stereocenters. The Hall–Kier alpha value is -3.92.